The van der Waals surface area contributed by atoms with Gasteiger partial charge in [0.05, 0.1) is 17.4 Å². The predicted octanol–water partition coefficient (Wildman–Crippen LogP) is 3.12. The number of hydrogen-bond donors (Lipinski definition) is 2. The van der Waals surface area contributed by atoms with Gasteiger partial charge in [-0.15, -0.1) is 5.10 Å². The first-order valence-electron chi connectivity index (χ1n) is 13.3. The number of benzene rings is 1. The van der Waals surface area contributed by atoms with Crippen LogP contribution in [0.1, 0.15) is 28.8 Å². The minimum absolute atomic E-state index is 0.0137. The number of nitrogens with two attached hydrogens (primary N) is 1. The van der Waals surface area contributed by atoms with Gasteiger partial charge < -0.3 is 25.1 Å². The molecule has 0 radical (unpaired) electrons. The van der Waals surface area contributed by atoms with Crippen LogP contribution in [0.3, 0.4) is 0 Å². The molecule has 3 aromatic heterocycles. The molecule has 216 valence electrons. The van der Waals surface area contributed by atoms with Crippen LogP contribution >= 0.6 is 0 Å². The average Bonchev–Trinajstić information content (AvgIpc) is 3.64. The van der Waals surface area contributed by atoms with Crippen LogP contribution in [0.15, 0.2) is 41.0 Å². The number of furan rings is 1. The van der Waals surface area contributed by atoms with Crippen LogP contribution in [-0.2, 0) is 6.18 Å². The van der Waals surface area contributed by atoms with Crippen molar-refractivity contribution in [3.05, 3.63) is 47.7 Å². The Morgan fingerprint density at radius 3 is 2.59 bits per heavy atom. The molecule has 0 aliphatic carbocycles. The highest BCUT2D eigenvalue weighted by atomic mass is 19.4. The summed E-state index contributed by atoms with van der Waals surface area (Å²) in [5, 5.41) is 13.5. The van der Waals surface area contributed by atoms with Gasteiger partial charge >= 0.3 is 12.1 Å². The van der Waals surface area contributed by atoms with Crippen molar-refractivity contribution in [2.24, 2.45) is 5.92 Å². The minimum Gasteiger partial charge on any atom is -0.478 e. The van der Waals surface area contributed by atoms with E-state index in [0.717, 1.165) is 25.9 Å². The van der Waals surface area contributed by atoms with Gasteiger partial charge in [-0.05, 0) is 49.1 Å². The first kappa shape index (κ1) is 26.8. The third kappa shape index (κ3) is 5.49. The van der Waals surface area contributed by atoms with E-state index in [1.54, 1.807) is 17.0 Å². The first-order chi connectivity index (χ1) is 19.7. The van der Waals surface area contributed by atoms with Crippen molar-refractivity contribution < 1.29 is 27.5 Å². The van der Waals surface area contributed by atoms with E-state index in [1.165, 1.54) is 22.9 Å². The number of piperidine rings is 1. The number of carboxylic acids is 1. The van der Waals surface area contributed by atoms with Gasteiger partial charge in [-0.3, -0.25) is 4.90 Å². The number of halogens is 3. The van der Waals surface area contributed by atoms with Crippen molar-refractivity contribution in [1.82, 2.24) is 29.5 Å². The quantitative estimate of drug-likeness (QED) is 0.353. The van der Waals surface area contributed by atoms with E-state index < -0.39 is 17.7 Å². The molecule has 0 saturated carbocycles. The van der Waals surface area contributed by atoms with Crippen LogP contribution in [0.2, 0.25) is 0 Å². The standard InChI is InChI=1S/C26H28F3N9O3/c27-26(28,29)18-13-17(22(39)40)5-6-19(18)36-10-8-35(9-11-36)14-16-3-1-7-37(15-16)24-32-23(30)38-25(33-24)31-21(34-38)20-4-2-12-41-20/h2,4-6,12-13,16H,1,3,7-11,14-15H2,(H,39,40)(H2,30,31,32,33,34)/t16-/m0/s1. The lowest BCUT2D eigenvalue weighted by Gasteiger charge is -2.40. The summed E-state index contributed by atoms with van der Waals surface area (Å²) < 4.78 is 47.9. The fraction of sp³-hybridized carbons (Fsp3) is 0.423. The molecule has 2 aliphatic heterocycles. The van der Waals surface area contributed by atoms with Gasteiger partial charge in [0.25, 0.3) is 5.78 Å². The summed E-state index contributed by atoms with van der Waals surface area (Å²) >= 11 is 0. The second-order valence-electron chi connectivity index (χ2n) is 10.3. The molecule has 41 heavy (non-hydrogen) atoms. The van der Waals surface area contributed by atoms with Crippen LogP contribution in [0.4, 0.5) is 30.8 Å². The molecule has 15 heteroatoms. The predicted molar refractivity (Wildman–Crippen MR) is 143 cm³/mol. The maximum atomic E-state index is 13.7. The fourth-order valence-corrected chi connectivity index (χ4v) is 5.55. The molecule has 1 aromatic carbocycles. The maximum Gasteiger partial charge on any atom is 0.418 e. The zero-order valence-electron chi connectivity index (χ0n) is 22.0. The van der Waals surface area contributed by atoms with Gasteiger partial charge in [0.1, 0.15) is 0 Å². The van der Waals surface area contributed by atoms with Crippen molar-refractivity contribution in [2.45, 2.75) is 19.0 Å². The first-order valence-corrected chi connectivity index (χ1v) is 13.3. The smallest absolute Gasteiger partial charge is 0.418 e. The number of nitrogens with zero attached hydrogens (tertiary/aromatic N) is 8. The normalized spacial score (nSPS) is 18.8. The van der Waals surface area contributed by atoms with Gasteiger partial charge in [0, 0.05) is 51.5 Å². The molecule has 3 N–H and O–H groups in total. The summed E-state index contributed by atoms with van der Waals surface area (Å²) in [6.07, 6.45) is -1.16. The highest BCUT2D eigenvalue weighted by Gasteiger charge is 2.36. The summed E-state index contributed by atoms with van der Waals surface area (Å²) in [6.45, 7) is 4.29. The van der Waals surface area contributed by atoms with E-state index in [9.17, 15) is 18.0 Å². The number of carbonyl (C=O) groups is 1. The van der Waals surface area contributed by atoms with Crippen LogP contribution in [-0.4, -0.2) is 86.4 Å². The molecular weight excluding hydrogens is 543 g/mol. The molecule has 1 atom stereocenters. The van der Waals surface area contributed by atoms with E-state index in [1.807, 2.05) is 0 Å². The Balaban J connectivity index is 1.10. The van der Waals surface area contributed by atoms with Crippen molar-refractivity contribution in [3.8, 4) is 11.6 Å². The number of fused-ring (bicyclic) bond motifs is 1. The zero-order valence-corrected chi connectivity index (χ0v) is 22.0. The number of carboxylic acid groups (broad SMARTS) is 1. The lowest BCUT2D eigenvalue weighted by atomic mass is 9.97. The average molecular weight is 572 g/mol. The molecule has 4 aromatic rings. The van der Waals surface area contributed by atoms with E-state index in [2.05, 4.69) is 29.9 Å². The summed E-state index contributed by atoms with van der Waals surface area (Å²) in [6, 6.07) is 6.69. The minimum atomic E-state index is -4.65. The molecule has 12 nitrogen and oxygen atoms in total. The van der Waals surface area contributed by atoms with Crippen molar-refractivity contribution in [2.75, 3.05) is 61.3 Å². The maximum absolute atomic E-state index is 13.7. The number of nitrogen functional groups attached to an aromatic ring is 1. The Morgan fingerprint density at radius 1 is 1.07 bits per heavy atom. The van der Waals surface area contributed by atoms with Crippen LogP contribution in [0.25, 0.3) is 17.4 Å². The van der Waals surface area contributed by atoms with Gasteiger partial charge in [-0.2, -0.15) is 32.6 Å². The second-order valence-corrected chi connectivity index (χ2v) is 10.3. The topological polar surface area (TPSA) is 142 Å². The second kappa shape index (κ2) is 10.5. The molecule has 0 unspecified atom stereocenters. The molecule has 2 fully saturated rings. The summed E-state index contributed by atoms with van der Waals surface area (Å²) in [7, 11) is 0. The molecule has 0 bridgehead atoms. The molecule has 0 amide bonds. The number of alkyl halides is 3. The third-order valence-corrected chi connectivity index (χ3v) is 7.54. The Labute approximate surface area is 232 Å². The van der Waals surface area contributed by atoms with Gasteiger partial charge in [-0.1, -0.05) is 0 Å². The molecule has 5 heterocycles. The molecule has 6 rings (SSSR count). The van der Waals surface area contributed by atoms with Crippen molar-refractivity contribution >= 4 is 29.3 Å². The van der Waals surface area contributed by atoms with E-state index in [0.29, 0.717) is 68.0 Å². The number of hydrogen-bond acceptors (Lipinski definition) is 10. The van der Waals surface area contributed by atoms with Crippen LogP contribution < -0.4 is 15.5 Å². The third-order valence-electron chi connectivity index (χ3n) is 7.54. The van der Waals surface area contributed by atoms with Crippen molar-refractivity contribution in [1.29, 1.82) is 0 Å². The number of rotatable bonds is 6. The van der Waals surface area contributed by atoms with Crippen LogP contribution in [0, 0.1) is 5.92 Å². The summed E-state index contributed by atoms with van der Waals surface area (Å²) in [5.74, 6) is 0.766. The van der Waals surface area contributed by atoms with E-state index in [4.69, 9.17) is 15.3 Å². The van der Waals surface area contributed by atoms with Crippen LogP contribution in [0.5, 0.6) is 0 Å². The lowest BCUT2D eigenvalue weighted by Crippen LogP contribution is -2.50. The summed E-state index contributed by atoms with van der Waals surface area (Å²) in [5.41, 5.74) is 4.89. The Bertz CT molecular complexity index is 1550. The molecule has 2 aliphatic rings. The SMILES string of the molecule is Nc1nc(N2CCC[C@@H](CN3CCN(c4ccc(C(=O)O)cc4C(F)(F)F)CC3)C2)nc2nc(-c3ccco3)nn12. The molecule has 2 saturated heterocycles. The largest absolute Gasteiger partial charge is 0.478 e. The fourth-order valence-electron chi connectivity index (χ4n) is 5.55. The highest BCUT2D eigenvalue weighted by molar-refractivity contribution is 5.88. The highest BCUT2D eigenvalue weighted by Crippen LogP contribution is 2.38. The van der Waals surface area contributed by atoms with Gasteiger partial charge in [0.2, 0.25) is 17.7 Å². The molecular formula is C26H28F3N9O3. The number of anilines is 3. The van der Waals surface area contributed by atoms with Gasteiger partial charge in [-0.25, -0.2) is 4.79 Å². The number of piperazine rings is 1. The molecule has 0 spiro atoms. The zero-order chi connectivity index (χ0) is 28.7. The lowest BCUT2D eigenvalue weighted by molar-refractivity contribution is -0.137. The van der Waals surface area contributed by atoms with E-state index in [-0.39, 0.29) is 17.2 Å². The summed E-state index contributed by atoms with van der Waals surface area (Å²) in [4.78, 5) is 30.7. The Hall–Kier alpha value is -4.40. The van der Waals surface area contributed by atoms with Crippen molar-refractivity contribution in [3.63, 3.8) is 0 Å². The Morgan fingerprint density at radius 2 is 1.88 bits per heavy atom. The monoisotopic (exact) mass is 571 g/mol. The number of aromatic nitrogens is 5. The Kier molecular flexibility index (Phi) is 6.89. The number of aromatic carboxylic acids is 1. The van der Waals surface area contributed by atoms with Gasteiger partial charge in [0.15, 0.2) is 5.76 Å². The van der Waals surface area contributed by atoms with E-state index >= 15 is 0 Å².